The van der Waals surface area contributed by atoms with Crippen LogP contribution >= 0.6 is 0 Å². The van der Waals surface area contributed by atoms with Crippen molar-refractivity contribution in [3.05, 3.63) is 485 Å². The summed E-state index contributed by atoms with van der Waals surface area (Å²) in [6.07, 6.45) is 14.2. The second kappa shape index (κ2) is 46.5. The molecule has 13 aromatic carbocycles. The Morgan fingerprint density at radius 3 is 0.964 bits per heavy atom. The van der Waals surface area contributed by atoms with Crippen molar-refractivity contribution in [1.29, 1.82) is 0 Å². The quantitative estimate of drug-likeness (QED) is 0.102. The number of hydrogen-bond acceptors (Lipinski definition) is 12. The Morgan fingerprint density at radius 2 is 0.540 bits per heavy atom. The van der Waals surface area contributed by atoms with Crippen LogP contribution in [-0.2, 0) is 85.8 Å². The van der Waals surface area contributed by atoms with Crippen molar-refractivity contribution in [3.63, 3.8) is 0 Å². The Hall–Kier alpha value is -15.4. The van der Waals surface area contributed by atoms with Crippen LogP contribution in [0.1, 0.15) is 25.0 Å². The zero-order chi connectivity index (χ0) is 89.8. The molecule has 0 atom stereocenters. The summed E-state index contributed by atoms with van der Waals surface area (Å²) in [5.74, 6) is 2.75. The summed E-state index contributed by atoms with van der Waals surface area (Å²) >= 11 is 0. The number of rotatable bonds is 8. The van der Waals surface area contributed by atoms with Crippen LogP contribution in [0.25, 0.3) is 189 Å². The summed E-state index contributed by atoms with van der Waals surface area (Å²) < 4.78 is 0. The van der Waals surface area contributed by atoms with E-state index in [4.69, 9.17) is 19.9 Å². The third kappa shape index (κ3) is 22.8. The second-order valence-electron chi connectivity index (χ2n) is 31.2. The van der Waals surface area contributed by atoms with Crippen molar-refractivity contribution in [2.75, 3.05) is 0 Å². The van der Waals surface area contributed by atoms with Gasteiger partial charge in [-0.2, -0.15) is 0 Å². The topological polar surface area (TPSA) is 211 Å². The van der Waals surface area contributed by atoms with Crippen molar-refractivity contribution < 1.29 is 80.4 Å². The van der Waals surface area contributed by atoms with Gasteiger partial charge in [0.2, 0.25) is 0 Å². The molecule has 1 aliphatic rings. The molecule has 0 N–H and O–H groups in total. The number of benzene rings is 13. The van der Waals surface area contributed by atoms with Gasteiger partial charge in [0, 0.05) is 135 Å². The van der Waals surface area contributed by atoms with E-state index in [0.717, 1.165) is 128 Å². The van der Waals surface area contributed by atoms with Gasteiger partial charge < -0.3 is 59.8 Å². The number of nitrogens with zero attached hydrogens (tertiary/aromatic N) is 16. The minimum atomic E-state index is -0.00970. The van der Waals surface area contributed by atoms with E-state index < -0.39 is 0 Å². The van der Waals surface area contributed by atoms with Crippen LogP contribution in [0.4, 0.5) is 0 Å². The number of hydrogen-bond donors (Lipinski definition) is 0. The van der Waals surface area contributed by atoms with Crippen LogP contribution < -0.4 is 19.9 Å². The van der Waals surface area contributed by atoms with E-state index in [1.54, 1.807) is 49.6 Å². The first-order chi connectivity index (χ1) is 65.7. The summed E-state index contributed by atoms with van der Waals surface area (Å²) in [5.41, 5.74) is 24.0. The molecule has 1 aliphatic carbocycles. The predicted octanol–water partition coefficient (Wildman–Crippen LogP) is 26.1. The van der Waals surface area contributed by atoms with E-state index in [0.29, 0.717) is 23.3 Å². The van der Waals surface area contributed by atoms with Gasteiger partial charge in [0.05, 0.1) is 22.8 Å². The van der Waals surface area contributed by atoms with E-state index in [9.17, 15) is 0 Å². The average Bonchev–Trinajstić information content (AvgIpc) is 1.79. The summed E-state index contributed by atoms with van der Waals surface area (Å²) in [5, 5.41) is 9.37. The van der Waals surface area contributed by atoms with Gasteiger partial charge >= 0.3 is 0 Å². The largest absolute Gasteiger partial charge is 0.434 e. The molecule has 0 saturated heterocycles. The van der Waals surface area contributed by atoms with Gasteiger partial charge in [0.1, 0.15) is 0 Å². The Morgan fingerprint density at radius 1 is 0.219 bits per heavy atom. The summed E-state index contributed by atoms with van der Waals surface area (Å²) in [6, 6.07) is 145. The molecule has 0 aliphatic heterocycles. The van der Waals surface area contributed by atoms with Crippen molar-refractivity contribution in [3.8, 4) is 102 Å². The fourth-order valence-electron chi connectivity index (χ4n) is 15.8. The molecule has 20 heteroatoms. The standard InChI is InChI=1S/C21H16N3.C20H12N3.2C16H10N3.4C11H8N.4Ir/c1-21(2)15-8-4-3-7-13(15)14-11-18-19(12-16(14)21)24-20(23-18)17-9-5-6-10-22-17;1-3-9-15-13(7-1)14-8-2-4-10-16(14)19-18(15)22-20(23-19)17-11-5-6-12-21-17;1-2-6-12-11(5-1)8-9-13-15(12)19-16(18-13)14-7-3-4-10-17-14;1-2-6-12-10-15-14(9-11(12)5-1)18-16(19-15)13-7-3-4-8-17-13;4*1-2-6-10(7-3-1)11-8-4-5-9-12-11;;;;/h3-12H,1-2H3;1-12H;2*1-10H;4*1-6,8-9H;;;;/q8*-1;;;;. The molecule has 4 radical (unpaired) electrons. The third-order valence-electron chi connectivity index (χ3n) is 22.2. The monoisotopic (exact) mass is 2480 g/mol. The zero-order valence-corrected chi connectivity index (χ0v) is 83.3. The zero-order valence-electron chi connectivity index (χ0n) is 73.7. The maximum absolute atomic E-state index is 4.79. The van der Waals surface area contributed by atoms with E-state index in [1.165, 1.54) is 49.2 Å². The van der Waals surface area contributed by atoms with Gasteiger partial charge in [-0.15, -0.1) is 144 Å². The van der Waals surface area contributed by atoms with E-state index in [2.05, 4.69) is 213 Å². The normalized spacial score (nSPS) is 11.0. The summed E-state index contributed by atoms with van der Waals surface area (Å²) in [7, 11) is 0. The molecule has 0 saturated carbocycles. The predicted molar refractivity (Wildman–Crippen MR) is 535 cm³/mol. The van der Waals surface area contributed by atoms with Gasteiger partial charge in [-0.1, -0.05) is 244 Å². The molecule has 0 amide bonds. The molecule has 0 spiro atoms. The Labute approximate surface area is 846 Å². The molecule has 12 aromatic heterocycles. The molecular formula is C117H80Ir4N16-8. The molecule has 25 aromatic rings. The second-order valence-corrected chi connectivity index (χ2v) is 31.2. The van der Waals surface area contributed by atoms with Gasteiger partial charge in [0.25, 0.3) is 0 Å². The molecule has 672 valence electrons. The first kappa shape index (κ1) is 96.2. The summed E-state index contributed by atoms with van der Waals surface area (Å²) in [6.45, 7) is 4.55. The van der Waals surface area contributed by atoms with E-state index >= 15 is 0 Å². The SMILES string of the molecule is CC1(C)c2ccccc2-c2cc3nc(-c4ccccn4)[n-]c3cc21.[Ir].[Ir].[Ir].[Ir].[c-]1ccccc1-c1ccccn1.[c-]1ccccc1-c1ccccn1.[c-]1ccccc1-c1ccccn1.[c-]1ccccc1-c1ccccn1.c1ccc(-c2nc3c(ccc4ccccc43)[n-]2)nc1.c1ccc(-c2nc3c4ccccc4c4ccccc4c3[n-]2)nc1.c1ccc(-c2nc3cc4ccccc4cc3[n-]2)nc1. The number of pyridine rings is 8. The molecule has 0 unspecified atom stereocenters. The summed E-state index contributed by atoms with van der Waals surface area (Å²) in [4.78, 5) is 71.5. The van der Waals surface area contributed by atoms with Crippen LogP contribution in [0, 0.1) is 24.3 Å². The van der Waals surface area contributed by atoms with Crippen molar-refractivity contribution in [2.24, 2.45) is 0 Å². The minimum Gasteiger partial charge on any atom is -0.434 e. The fraction of sp³-hybridized carbons (Fsp3) is 0.0256. The molecular weight excluding hydrogens is 2400 g/mol. The molecule has 26 rings (SSSR count). The fourth-order valence-corrected chi connectivity index (χ4v) is 15.8. The van der Waals surface area contributed by atoms with Crippen molar-refractivity contribution in [1.82, 2.24) is 79.7 Å². The van der Waals surface area contributed by atoms with Gasteiger partial charge in [-0.05, 0) is 228 Å². The number of imidazole rings is 4. The first-order valence-corrected chi connectivity index (χ1v) is 43.4. The van der Waals surface area contributed by atoms with Crippen LogP contribution in [0.2, 0.25) is 0 Å². The van der Waals surface area contributed by atoms with Crippen LogP contribution in [-0.4, -0.2) is 59.8 Å². The Kier molecular flexibility index (Phi) is 32.6. The van der Waals surface area contributed by atoms with Crippen molar-refractivity contribution >= 4 is 87.2 Å². The average molecular weight is 2480 g/mol. The van der Waals surface area contributed by atoms with Crippen LogP contribution in [0.3, 0.4) is 0 Å². The molecule has 16 nitrogen and oxygen atoms in total. The molecule has 137 heavy (non-hydrogen) atoms. The molecule has 12 heterocycles. The van der Waals surface area contributed by atoms with Crippen molar-refractivity contribution in [2.45, 2.75) is 19.3 Å². The van der Waals surface area contributed by atoms with Gasteiger partial charge in [-0.25, -0.2) is 0 Å². The van der Waals surface area contributed by atoms with E-state index in [1.807, 2.05) is 285 Å². The number of fused-ring (bicyclic) bond motifs is 15. The molecule has 0 bridgehead atoms. The molecule has 0 fully saturated rings. The first-order valence-electron chi connectivity index (χ1n) is 43.4. The Balaban J connectivity index is 0.000000120. The van der Waals surface area contributed by atoms with Crippen LogP contribution in [0.15, 0.2) is 450 Å². The Bertz CT molecular complexity index is 7550. The maximum atomic E-state index is 4.79. The van der Waals surface area contributed by atoms with E-state index in [-0.39, 0.29) is 85.8 Å². The third-order valence-corrected chi connectivity index (χ3v) is 22.2. The smallest absolute Gasteiger partial charge is 0.0620 e. The maximum Gasteiger partial charge on any atom is 0.0620 e. The number of aromatic nitrogens is 16. The van der Waals surface area contributed by atoms with Gasteiger partial charge in [0.15, 0.2) is 0 Å². The minimum absolute atomic E-state index is 0. The van der Waals surface area contributed by atoms with Gasteiger partial charge in [-0.3, -0.25) is 19.9 Å². The van der Waals surface area contributed by atoms with Crippen LogP contribution in [0.5, 0.6) is 0 Å².